The summed E-state index contributed by atoms with van der Waals surface area (Å²) in [4.78, 5) is 38.9. The molecule has 0 N–H and O–H groups in total. The third-order valence-electron chi connectivity index (χ3n) is 9.45. The van der Waals surface area contributed by atoms with Gasteiger partial charge in [-0.3, -0.25) is 19.6 Å². The number of methoxy groups -OCH3 is 1. The van der Waals surface area contributed by atoms with Crippen LogP contribution >= 0.6 is 24.8 Å². The zero-order valence-corrected chi connectivity index (χ0v) is 29.9. The maximum atomic E-state index is 13.6. The molecule has 12 heteroatoms. The van der Waals surface area contributed by atoms with Crippen LogP contribution in [0.5, 0.6) is 11.8 Å². The number of rotatable bonds is 10. The van der Waals surface area contributed by atoms with Gasteiger partial charge in [-0.25, -0.2) is 4.98 Å². The van der Waals surface area contributed by atoms with Crippen LogP contribution in [0.3, 0.4) is 0 Å². The molecule has 10 nitrogen and oxygen atoms in total. The summed E-state index contributed by atoms with van der Waals surface area (Å²) in [5, 5.41) is 0. The molecule has 7 rings (SSSR count). The largest absolute Gasteiger partial charge is 0.481 e. The number of carbonyl (C=O) groups excluding carboxylic acids is 1. The number of piperazine rings is 2. The average molecular weight is 707 g/mol. The SMILES string of the molecule is COc1nc(C2CC2)nc(OC(C)C)c1CN1CC2CN(C(=O)c3cnccn3)CCN2C(C(c2ccccc2)c2ccccc2)C1.Cl.Cl. The molecule has 49 heavy (non-hydrogen) atoms. The van der Waals surface area contributed by atoms with E-state index >= 15 is 0 Å². The van der Waals surface area contributed by atoms with Gasteiger partial charge in [-0.2, -0.15) is 9.97 Å². The molecule has 4 heterocycles. The molecule has 0 radical (unpaired) electrons. The molecule has 3 fully saturated rings. The summed E-state index contributed by atoms with van der Waals surface area (Å²) in [6.07, 6.45) is 6.88. The molecule has 0 spiro atoms. The molecule has 2 unspecified atom stereocenters. The van der Waals surface area contributed by atoms with Crippen molar-refractivity contribution < 1.29 is 14.3 Å². The highest BCUT2D eigenvalue weighted by Crippen LogP contribution is 2.42. The highest BCUT2D eigenvalue weighted by Gasteiger charge is 2.44. The van der Waals surface area contributed by atoms with Crippen molar-refractivity contribution in [3.05, 3.63) is 107 Å². The van der Waals surface area contributed by atoms with E-state index in [0.717, 1.165) is 43.9 Å². The Balaban J connectivity index is 0.00000234. The van der Waals surface area contributed by atoms with Crippen LogP contribution in [0.25, 0.3) is 0 Å². The fraction of sp³-hybridized carbons (Fsp3) is 0.432. The second kappa shape index (κ2) is 16.3. The van der Waals surface area contributed by atoms with Crippen molar-refractivity contribution in [2.24, 2.45) is 0 Å². The van der Waals surface area contributed by atoms with Gasteiger partial charge in [0.05, 0.1) is 25.0 Å². The predicted octanol–water partition coefficient (Wildman–Crippen LogP) is 5.63. The van der Waals surface area contributed by atoms with Crippen molar-refractivity contribution in [2.45, 2.75) is 63.3 Å². The van der Waals surface area contributed by atoms with Gasteiger partial charge in [0.15, 0.2) is 0 Å². The van der Waals surface area contributed by atoms with Gasteiger partial charge in [-0.05, 0) is 37.8 Å². The van der Waals surface area contributed by atoms with Crippen LogP contribution in [0.4, 0.5) is 0 Å². The van der Waals surface area contributed by atoms with Gasteiger partial charge in [-0.15, -0.1) is 24.8 Å². The van der Waals surface area contributed by atoms with Crippen LogP contribution < -0.4 is 9.47 Å². The number of benzene rings is 2. The first kappa shape index (κ1) is 36.5. The van der Waals surface area contributed by atoms with Crippen LogP contribution in [0.2, 0.25) is 0 Å². The topological polar surface area (TPSA) is 96.8 Å². The van der Waals surface area contributed by atoms with E-state index < -0.39 is 0 Å². The van der Waals surface area contributed by atoms with Crippen molar-refractivity contribution in [3.63, 3.8) is 0 Å². The van der Waals surface area contributed by atoms with Crippen molar-refractivity contribution in [2.75, 3.05) is 39.8 Å². The van der Waals surface area contributed by atoms with Crippen molar-refractivity contribution in [1.82, 2.24) is 34.6 Å². The molecule has 1 aliphatic carbocycles. The minimum absolute atomic E-state index is 0. The van der Waals surface area contributed by atoms with E-state index in [1.165, 1.54) is 11.1 Å². The smallest absolute Gasteiger partial charge is 0.274 e. The second-order valence-corrected chi connectivity index (χ2v) is 13.1. The Morgan fingerprint density at radius 3 is 2.14 bits per heavy atom. The average Bonchev–Trinajstić information content (AvgIpc) is 3.96. The van der Waals surface area contributed by atoms with Crippen LogP contribution in [-0.4, -0.2) is 98.6 Å². The third-order valence-corrected chi connectivity index (χ3v) is 9.45. The second-order valence-electron chi connectivity index (χ2n) is 13.1. The number of fused-ring (bicyclic) bond motifs is 1. The lowest BCUT2D eigenvalue weighted by Gasteiger charge is -2.53. The fourth-order valence-corrected chi connectivity index (χ4v) is 7.18. The predicted molar refractivity (Wildman–Crippen MR) is 193 cm³/mol. The molecule has 2 aromatic heterocycles. The molecular weight excluding hydrogens is 661 g/mol. The minimum Gasteiger partial charge on any atom is -0.481 e. The van der Waals surface area contributed by atoms with Crippen molar-refractivity contribution in [1.29, 1.82) is 0 Å². The number of carbonyl (C=O) groups is 1. The summed E-state index contributed by atoms with van der Waals surface area (Å²) < 4.78 is 12.2. The number of hydrogen-bond acceptors (Lipinski definition) is 9. The summed E-state index contributed by atoms with van der Waals surface area (Å²) in [5.41, 5.74) is 3.81. The molecule has 2 saturated heterocycles. The van der Waals surface area contributed by atoms with E-state index in [1.807, 2.05) is 18.7 Å². The summed E-state index contributed by atoms with van der Waals surface area (Å²) in [6, 6.07) is 21.9. The standard InChI is InChI=1S/C37H43N7O3.2ClH/c1-25(2)47-36-30(35(46-3)40-34(41-36)28-14-15-28)23-42-21-29-22-43(37(45)31-20-38-16-17-39-31)18-19-44(29)32(24-42)33(26-10-6-4-7-11-26)27-12-8-5-9-13-27;;/h4-13,16-17,20,25,28-29,32-33H,14-15,18-19,21-24H2,1-3H3;2*1H. The van der Waals surface area contributed by atoms with Gasteiger partial charge in [0, 0.05) is 75.6 Å². The molecule has 1 amide bonds. The van der Waals surface area contributed by atoms with Crippen molar-refractivity contribution in [3.8, 4) is 11.8 Å². The summed E-state index contributed by atoms with van der Waals surface area (Å²) in [5.74, 6) is 2.43. The molecule has 2 aliphatic heterocycles. The maximum absolute atomic E-state index is 13.6. The molecule has 4 aromatic rings. The first-order valence-electron chi connectivity index (χ1n) is 16.7. The lowest BCUT2D eigenvalue weighted by atomic mass is 9.81. The van der Waals surface area contributed by atoms with Gasteiger partial charge in [-0.1, -0.05) is 60.7 Å². The first-order valence-corrected chi connectivity index (χ1v) is 16.7. The Morgan fingerprint density at radius 2 is 1.55 bits per heavy atom. The summed E-state index contributed by atoms with van der Waals surface area (Å²) >= 11 is 0. The number of hydrogen-bond donors (Lipinski definition) is 0. The van der Waals surface area contributed by atoms with Crippen LogP contribution in [0, 0.1) is 0 Å². The molecule has 2 aromatic carbocycles. The van der Waals surface area contributed by atoms with Gasteiger partial charge >= 0.3 is 0 Å². The van der Waals surface area contributed by atoms with Gasteiger partial charge in [0.1, 0.15) is 11.5 Å². The van der Waals surface area contributed by atoms with E-state index in [0.29, 0.717) is 43.0 Å². The van der Waals surface area contributed by atoms with E-state index in [2.05, 4.69) is 80.4 Å². The molecule has 0 bridgehead atoms. The molecule has 2 atom stereocenters. The van der Waals surface area contributed by atoms with E-state index in [-0.39, 0.29) is 54.8 Å². The zero-order chi connectivity index (χ0) is 32.3. The first-order chi connectivity index (χ1) is 23.0. The highest BCUT2D eigenvalue weighted by molar-refractivity contribution is 5.92. The monoisotopic (exact) mass is 705 g/mol. The van der Waals surface area contributed by atoms with Gasteiger partial charge in [0.2, 0.25) is 11.8 Å². The lowest BCUT2D eigenvalue weighted by Crippen LogP contribution is -2.67. The number of aromatic nitrogens is 4. The van der Waals surface area contributed by atoms with Crippen LogP contribution in [0.1, 0.15) is 71.5 Å². The summed E-state index contributed by atoms with van der Waals surface area (Å²) in [7, 11) is 1.68. The van der Waals surface area contributed by atoms with Crippen molar-refractivity contribution >= 4 is 30.7 Å². The Labute approximate surface area is 301 Å². The minimum atomic E-state index is -0.0764. The summed E-state index contributed by atoms with van der Waals surface area (Å²) in [6.45, 7) is 8.22. The Kier molecular flexibility index (Phi) is 12.1. The molecule has 260 valence electrons. The normalized spacial score (nSPS) is 19.5. The van der Waals surface area contributed by atoms with E-state index in [4.69, 9.17) is 19.4 Å². The Hall–Kier alpha value is -3.83. The highest BCUT2D eigenvalue weighted by atomic mass is 35.5. The van der Waals surface area contributed by atoms with Crippen LogP contribution in [0.15, 0.2) is 79.3 Å². The molecule has 3 aliphatic rings. The number of halogens is 2. The Morgan fingerprint density at radius 1 is 0.878 bits per heavy atom. The quantitative estimate of drug-likeness (QED) is 0.208. The molecule has 1 saturated carbocycles. The van der Waals surface area contributed by atoms with E-state index in [9.17, 15) is 4.79 Å². The third kappa shape index (κ3) is 8.15. The number of amides is 1. The van der Waals surface area contributed by atoms with Gasteiger partial charge in [0.25, 0.3) is 5.91 Å². The number of ether oxygens (including phenoxy) is 2. The fourth-order valence-electron chi connectivity index (χ4n) is 7.18. The number of nitrogens with zero attached hydrogens (tertiary/aromatic N) is 7. The maximum Gasteiger partial charge on any atom is 0.274 e. The molecular formula is C37H45Cl2N7O3. The van der Waals surface area contributed by atoms with Crippen LogP contribution in [-0.2, 0) is 6.54 Å². The lowest BCUT2D eigenvalue weighted by molar-refractivity contribution is -0.0294. The van der Waals surface area contributed by atoms with Gasteiger partial charge < -0.3 is 14.4 Å². The van der Waals surface area contributed by atoms with E-state index in [1.54, 1.807) is 25.7 Å². The Bertz CT molecular complexity index is 1630. The zero-order valence-electron chi connectivity index (χ0n) is 28.2.